The fraction of sp³-hybridized carbons (Fsp3) is 0.0952. The fourth-order valence-electron chi connectivity index (χ4n) is 3.46. The van der Waals surface area contributed by atoms with E-state index in [4.69, 9.17) is 5.73 Å². The molecular formula is C21H14F2N6O2S2. The first kappa shape index (κ1) is 21.1. The first-order valence-corrected chi connectivity index (χ1v) is 11.2. The number of pyridine rings is 1. The van der Waals surface area contributed by atoms with Crippen LogP contribution in [0, 0.1) is 6.92 Å². The normalized spacial score (nSPS) is 11.5. The van der Waals surface area contributed by atoms with Gasteiger partial charge >= 0.3 is 0 Å². The number of alkyl halides is 2. The Morgan fingerprint density at radius 1 is 1.24 bits per heavy atom. The molecule has 0 bridgehead atoms. The summed E-state index contributed by atoms with van der Waals surface area (Å²) in [5.74, 6) is -1.38. The van der Waals surface area contributed by atoms with Crippen LogP contribution in [0.2, 0.25) is 0 Å². The lowest BCUT2D eigenvalue weighted by Gasteiger charge is -2.09. The second kappa shape index (κ2) is 7.98. The maximum atomic E-state index is 13.6. The summed E-state index contributed by atoms with van der Waals surface area (Å²) in [6.07, 6.45) is 1.71. The van der Waals surface area contributed by atoms with Gasteiger partial charge in [-0.05, 0) is 31.2 Å². The number of anilines is 1. The number of thiophene rings is 2. The highest BCUT2D eigenvalue weighted by Gasteiger charge is 2.26. The lowest BCUT2D eigenvalue weighted by Crippen LogP contribution is -2.16. The molecule has 5 aromatic rings. The van der Waals surface area contributed by atoms with Gasteiger partial charge < -0.3 is 11.1 Å². The summed E-state index contributed by atoms with van der Waals surface area (Å²) in [5.41, 5.74) is 6.20. The number of aromatic nitrogens is 4. The van der Waals surface area contributed by atoms with Crippen molar-refractivity contribution in [3.05, 3.63) is 63.9 Å². The summed E-state index contributed by atoms with van der Waals surface area (Å²) in [6, 6.07) is 6.61. The highest BCUT2D eigenvalue weighted by Crippen LogP contribution is 2.44. The van der Waals surface area contributed by atoms with Crippen LogP contribution in [0.3, 0.4) is 0 Å². The average molecular weight is 485 g/mol. The van der Waals surface area contributed by atoms with Gasteiger partial charge in [-0.3, -0.25) is 9.59 Å². The predicted octanol–water partition coefficient (Wildman–Crippen LogP) is 4.66. The molecule has 33 heavy (non-hydrogen) atoms. The highest BCUT2D eigenvalue weighted by molar-refractivity contribution is 7.21. The molecule has 3 N–H and O–H groups in total. The third-order valence-electron chi connectivity index (χ3n) is 4.90. The van der Waals surface area contributed by atoms with Crippen molar-refractivity contribution in [2.75, 3.05) is 5.32 Å². The third kappa shape index (κ3) is 3.62. The minimum Gasteiger partial charge on any atom is -0.365 e. The first-order valence-electron chi connectivity index (χ1n) is 9.55. The molecule has 0 saturated carbocycles. The molecule has 0 aliphatic heterocycles. The maximum absolute atomic E-state index is 13.6. The topological polar surface area (TPSA) is 115 Å². The van der Waals surface area contributed by atoms with Gasteiger partial charge in [-0.2, -0.15) is 5.10 Å². The molecule has 0 fully saturated rings. The van der Waals surface area contributed by atoms with E-state index in [9.17, 15) is 18.4 Å². The Morgan fingerprint density at radius 3 is 2.76 bits per heavy atom. The van der Waals surface area contributed by atoms with Gasteiger partial charge in [0.25, 0.3) is 18.2 Å². The molecule has 5 rings (SSSR count). The van der Waals surface area contributed by atoms with Crippen molar-refractivity contribution in [2.45, 2.75) is 13.3 Å². The Labute approximate surface area is 192 Å². The number of hydrogen-bond donors (Lipinski definition) is 2. The molecule has 5 heterocycles. The van der Waals surface area contributed by atoms with Crippen LogP contribution in [-0.2, 0) is 0 Å². The number of carbonyl (C=O) groups is 2. The molecule has 0 radical (unpaired) electrons. The molecule has 0 saturated heterocycles. The van der Waals surface area contributed by atoms with Gasteiger partial charge in [0.05, 0.1) is 11.9 Å². The molecule has 0 aliphatic rings. The monoisotopic (exact) mass is 484 g/mol. The molecular weight excluding hydrogens is 470 g/mol. The lowest BCUT2D eigenvalue weighted by molar-refractivity contribution is 0.100. The Bertz CT molecular complexity index is 1560. The number of nitrogens with one attached hydrogen (secondary N) is 1. The second-order valence-electron chi connectivity index (χ2n) is 7.06. The maximum Gasteiger partial charge on any atom is 0.280 e. The smallest absolute Gasteiger partial charge is 0.280 e. The summed E-state index contributed by atoms with van der Waals surface area (Å²) in [6.45, 7) is 1.89. The summed E-state index contributed by atoms with van der Waals surface area (Å²) in [7, 11) is 0. The zero-order chi connectivity index (χ0) is 23.3. The Morgan fingerprint density at radius 2 is 2.06 bits per heavy atom. The summed E-state index contributed by atoms with van der Waals surface area (Å²) < 4.78 is 28.6. The van der Waals surface area contributed by atoms with E-state index in [2.05, 4.69) is 20.4 Å². The van der Waals surface area contributed by atoms with Gasteiger partial charge in [-0.25, -0.2) is 23.3 Å². The van der Waals surface area contributed by atoms with Crippen LogP contribution in [0.1, 0.15) is 37.0 Å². The van der Waals surface area contributed by atoms with Crippen LogP contribution in [0.4, 0.5) is 14.5 Å². The number of aryl methyl sites for hydroxylation is 1. The number of primary amides is 1. The zero-order valence-corrected chi connectivity index (χ0v) is 18.5. The van der Waals surface area contributed by atoms with E-state index in [0.717, 1.165) is 16.2 Å². The SMILES string of the molecule is Cc1ccc(-c2cc(C(F)F)nc3sc(C(N)=O)c(NC(=O)c4cnn5cccnc45)c23)s1. The van der Waals surface area contributed by atoms with E-state index >= 15 is 0 Å². The van der Waals surface area contributed by atoms with Crippen molar-refractivity contribution >= 4 is 56.0 Å². The second-order valence-corrected chi connectivity index (χ2v) is 9.34. The molecule has 8 nitrogen and oxygen atoms in total. The lowest BCUT2D eigenvalue weighted by atomic mass is 10.1. The number of amides is 2. The van der Waals surface area contributed by atoms with Gasteiger partial charge in [0.2, 0.25) is 0 Å². The third-order valence-corrected chi connectivity index (χ3v) is 7.03. The van der Waals surface area contributed by atoms with E-state index in [1.807, 2.05) is 13.0 Å². The van der Waals surface area contributed by atoms with Crippen LogP contribution in [0.15, 0.2) is 42.9 Å². The molecule has 0 spiro atoms. The largest absolute Gasteiger partial charge is 0.365 e. The number of fused-ring (bicyclic) bond motifs is 2. The van der Waals surface area contributed by atoms with Gasteiger partial charge in [-0.1, -0.05) is 0 Å². The van der Waals surface area contributed by atoms with Crippen LogP contribution >= 0.6 is 22.7 Å². The van der Waals surface area contributed by atoms with E-state index < -0.39 is 23.9 Å². The fourth-order valence-corrected chi connectivity index (χ4v) is 5.37. The number of halogens is 2. The molecule has 12 heteroatoms. The van der Waals surface area contributed by atoms with Crippen molar-refractivity contribution < 1.29 is 18.4 Å². The molecule has 0 aromatic carbocycles. The zero-order valence-electron chi connectivity index (χ0n) is 16.9. The van der Waals surface area contributed by atoms with Gasteiger partial charge in [0.1, 0.15) is 21.0 Å². The quantitative estimate of drug-likeness (QED) is 0.376. The molecule has 0 unspecified atom stereocenters. The average Bonchev–Trinajstić information content (AvgIpc) is 3.50. The van der Waals surface area contributed by atoms with Crippen LogP contribution in [-0.4, -0.2) is 31.4 Å². The Balaban J connectivity index is 1.72. The highest BCUT2D eigenvalue weighted by atomic mass is 32.1. The Kier molecular flexibility index (Phi) is 5.10. The number of nitrogens with zero attached hydrogens (tertiary/aromatic N) is 4. The molecule has 0 atom stereocenters. The van der Waals surface area contributed by atoms with Gasteiger partial charge in [0, 0.05) is 33.1 Å². The van der Waals surface area contributed by atoms with Crippen LogP contribution in [0.25, 0.3) is 26.3 Å². The first-order chi connectivity index (χ1) is 15.8. The van der Waals surface area contributed by atoms with E-state index in [0.29, 0.717) is 21.5 Å². The minimum atomic E-state index is -2.81. The summed E-state index contributed by atoms with van der Waals surface area (Å²) >= 11 is 2.26. The summed E-state index contributed by atoms with van der Waals surface area (Å²) in [4.78, 5) is 35.4. The molecule has 5 aromatic heterocycles. The van der Waals surface area contributed by atoms with E-state index in [1.165, 1.54) is 34.3 Å². The van der Waals surface area contributed by atoms with Crippen LogP contribution < -0.4 is 11.1 Å². The van der Waals surface area contributed by atoms with Crippen LogP contribution in [0.5, 0.6) is 0 Å². The van der Waals surface area contributed by atoms with Crippen molar-refractivity contribution in [1.29, 1.82) is 0 Å². The molecule has 0 aliphatic carbocycles. The molecule has 166 valence electrons. The van der Waals surface area contributed by atoms with Crippen molar-refractivity contribution in [3.8, 4) is 10.4 Å². The number of nitrogens with two attached hydrogens (primary N) is 1. The summed E-state index contributed by atoms with van der Waals surface area (Å²) in [5, 5.41) is 7.20. The van der Waals surface area contributed by atoms with Crippen molar-refractivity contribution in [1.82, 2.24) is 19.6 Å². The molecule has 2 amide bonds. The Hall–Kier alpha value is -3.77. The van der Waals surface area contributed by atoms with E-state index in [-0.39, 0.29) is 21.0 Å². The number of carbonyl (C=O) groups excluding carboxylic acids is 2. The van der Waals surface area contributed by atoms with Gasteiger partial charge in [0.15, 0.2) is 5.65 Å². The van der Waals surface area contributed by atoms with Crippen molar-refractivity contribution in [3.63, 3.8) is 0 Å². The van der Waals surface area contributed by atoms with E-state index in [1.54, 1.807) is 18.3 Å². The standard InChI is InChI=1S/C21H14F2N6O2S2/c1-9-3-4-13(32-9)10-7-12(17(22)23)27-21-14(10)15(16(33-21)18(24)30)28-20(31)11-8-26-29-6-2-5-25-19(11)29/h2-8,17H,1H3,(H2,24,30)(H,28,31). The van der Waals surface area contributed by atoms with Crippen molar-refractivity contribution in [2.24, 2.45) is 5.73 Å². The number of hydrogen-bond acceptors (Lipinski definition) is 7. The predicted molar refractivity (Wildman–Crippen MR) is 122 cm³/mol. The van der Waals surface area contributed by atoms with Gasteiger partial charge in [-0.15, -0.1) is 22.7 Å². The number of rotatable bonds is 5. The minimum absolute atomic E-state index is 0.0104.